The predicted octanol–water partition coefficient (Wildman–Crippen LogP) is 1.63. The van der Waals surface area contributed by atoms with Crippen molar-refractivity contribution in [3.8, 4) is 0 Å². The summed E-state index contributed by atoms with van der Waals surface area (Å²) in [6, 6.07) is 5.73. The Hall–Kier alpha value is -2.17. The Morgan fingerprint density at radius 2 is 1.83 bits per heavy atom. The van der Waals surface area contributed by atoms with E-state index < -0.39 is 16.0 Å². The summed E-state index contributed by atoms with van der Waals surface area (Å²) in [7, 11) is -3.55. The molecule has 8 nitrogen and oxygen atoms in total. The molecule has 0 atom stereocenters. The third kappa shape index (κ3) is 4.88. The molecule has 0 aliphatic carbocycles. The van der Waals surface area contributed by atoms with Crippen molar-refractivity contribution in [2.75, 3.05) is 32.0 Å². The van der Waals surface area contributed by atoms with Gasteiger partial charge in [-0.15, -0.1) is 0 Å². The predicted molar refractivity (Wildman–Crippen MR) is 108 cm³/mol. The van der Waals surface area contributed by atoms with Crippen molar-refractivity contribution in [2.45, 2.75) is 24.7 Å². The van der Waals surface area contributed by atoms with E-state index in [4.69, 9.17) is 4.74 Å². The summed E-state index contributed by atoms with van der Waals surface area (Å²) >= 11 is 1.17. The van der Waals surface area contributed by atoms with Crippen molar-refractivity contribution in [1.29, 1.82) is 0 Å². The van der Waals surface area contributed by atoms with Gasteiger partial charge in [0.2, 0.25) is 15.9 Å². The van der Waals surface area contributed by atoms with E-state index in [0.29, 0.717) is 23.7 Å². The first-order valence-corrected chi connectivity index (χ1v) is 11.7. The number of nitrogens with zero attached hydrogens (tertiary/aromatic N) is 2. The number of amides is 1. The molecule has 2 aliphatic heterocycles. The maximum Gasteiger partial charge on any atom is 0.333 e. The van der Waals surface area contributed by atoms with Crippen molar-refractivity contribution in [2.24, 2.45) is 0 Å². The number of hydrogen-bond donors (Lipinski definition) is 0. The lowest BCUT2D eigenvalue weighted by Gasteiger charge is -2.17. The van der Waals surface area contributed by atoms with E-state index >= 15 is 0 Å². The fourth-order valence-corrected chi connectivity index (χ4v) is 5.56. The number of sulfonamides is 1. The summed E-state index contributed by atoms with van der Waals surface area (Å²) in [5, 5.41) is 0.370. The van der Waals surface area contributed by atoms with Gasteiger partial charge in [-0.05, 0) is 44.0 Å². The molecule has 2 heterocycles. The lowest BCUT2D eigenvalue weighted by Crippen LogP contribution is -2.31. The minimum absolute atomic E-state index is 0.144. The van der Waals surface area contributed by atoms with Gasteiger partial charge in [0.15, 0.2) is 5.78 Å². The third-order valence-corrected chi connectivity index (χ3v) is 7.56. The van der Waals surface area contributed by atoms with Gasteiger partial charge in [0.1, 0.15) is 0 Å². The largest absolute Gasteiger partial charge is 0.463 e. The molecule has 156 valence electrons. The highest BCUT2D eigenvalue weighted by molar-refractivity contribution is 8.04. The number of benzene rings is 1. The molecule has 29 heavy (non-hydrogen) atoms. The number of hydrogen-bond acceptors (Lipinski definition) is 7. The van der Waals surface area contributed by atoms with Crippen molar-refractivity contribution in [3.63, 3.8) is 0 Å². The SMILES string of the molecule is CCOC(=O)/C=C1/SCC(=O)N1CC(=O)c1ccc(S(=O)(=O)N2CCCC2)cc1. The first-order chi connectivity index (χ1) is 13.8. The highest BCUT2D eigenvalue weighted by Gasteiger charge is 2.30. The van der Waals surface area contributed by atoms with Crippen LogP contribution in [-0.4, -0.2) is 67.3 Å². The quantitative estimate of drug-likeness (QED) is 0.362. The number of thioether (sulfide) groups is 1. The number of carbonyl (C=O) groups is 3. The number of carbonyl (C=O) groups excluding carboxylic acids is 3. The van der Waals surface area contributed by atoms with Crippen LogP contribution in [0.5, 0.6) is 0 Å². The van der Waals surface area contributed by atoms with Crippen molar-refractivity contribution < 1.29 is 27.5 Å². The van der Waals surface area contributed by atoms with Crippen LogP contribution in [0.1, 0.15) is 30.1 Å². The lowest BCUT2D eigenvalue weighted by molar-refractivity contribution is -0.137. The molecular formula is C19H22N2O6S2. The molecule has 2 fully saturated rings. The minimum atomic E-state index is -3.55. The van der Waals surface area contributed by atoms with Gasteiger partial charge in [0.25, 0.3) is 0 Å². The van der Waals surface area contributed by atoms with E-state index in [9.17, 15) is 22.8 Å². The van der Waals surface area contributed by atoms with E-state index in [1.54, 1.807) is 6.92 Å². The maximum absolute atomic E-state index is 12.6. The smallest absolute Gasteiger partial charge is 0.333 e. The fraction of sp³-hybridized carbons (Fsp3) is 0.421. The summed E-state index contributed by atoms with van der Waals surface area (Å²) < 4.78 is 31.4. The lowest BCUT2D eigenvalue weighted by atomic mass is 10.1. The van der Waals surface area contributed by atoms with E-state index in [2.05, 4.69) is 0 Å². The second-order valence-corrected chi connectivity index (χ2v) is 9.50. The zero-order valence-corrected chi connectivity index (χ0v) is 17.6. The first kappa shape index (κ1) is 21.5. The van der Waals surface area contributed by atoms with Crippen LogP contribution < -0.4 is 0 Å². The Bertz CT molecular complexity index is 934. The van der Waals surface area contributed by atoms with Crippen LogP contribution in [0.3, 0.4) is 0 Å². The Morgan fingerprint density at radius 3 is 2.45 bits per heavy atom. The molecule has 10 heteroatoms. The molecule has 0 N–H and O–H groups in total. The summed E-state index contributed by atoms with van der Waals surface area (Å²) in [6.07, 6.45) is 2.90. The molecule has 1 amide bonds. The van der Waals surface area contributed by atoms with Crippen LogP contribution >= 0.6 is 11.8 Å². The first-order valence-electron chi connectivity index (χ1n) is 9.28. The van der Waals surface area contributed by atoms with Crippen LogP contribution in [-0.2, 0) is 24.3 Å². The van der Waals surface area contributed by atoms with Crippen LogP contribution in [0, 0.1) is 0 Å². The van der Waals surface area contributed by atoms with Gasteiger partial charge in [-0.3, -0.25) is 14.5 Å². The average Bonchev–Trinajstić information content (AvgIpc) is 3.35. The minimum Gasteiger partial charge on any atom is -0.463 e. The standard InChI is InChI=1S/C19H22N2O6S2/c1-2-27-19(24)11-18-21(17(23)13-28-18)12-16(22)14-5-7-15(8-6-14)29(25,26)20-9-3-4-10-20/h5-8,11H,2-4,9-10,12-13H2,1H3/b18-11+. The van der Waals surface area contributed by atoms with E-state index in [-0.39, 0.29) is 35.5 Å². The van der Waals surface area contributed by atoms with Crippen LogP contribution in [0.2, 0.25) is 0 Å². The van der Waals surface area contributed by atoms with Gasteiger partial charge in [0.05, 0.1) is 34.9 Å². The second-order valence-electron chi connectivity index (χ2n) is 6.56. The Labute approximate surface area is 173 Å². The summed E-state index contributed by atoms with van der Waals surface area (Å²) in [6.45, 7) is 2.68. The summed E-state index contributed by atoms with van der Waals surface area (Å²) in [4.78, 5) is 37.8. The molecule has 0 radical (unpaired) electrons. The zero-order chi connectivity index (χ0) is 21.0. The Balaban J connectivity index is 1.71. The molecule has 2 saturated heterocycles. The third-order valence-electron chi connectivity index (χ3n) is 4.62. The number of ether oxygens (including phenoxy) is 1. The zero-order valence-electron chi connectivity index (χ0n) is 16.0. The van der Waals surface area contributed by atoms with Crippen LogP contribution in [0.4, 0.5) is 0 Å². The van der Waals surface area contributed by atoms with Crippen molar-refractivity contribution in [1.82, 2.24) is 9.21 Å². The highest BCUT2D eigenvalue weighted by Crippen LogP contribution is 2.29. The number of rotatable bonds is 7. The van der Waals surface area contributed by atoms with Gasteiger partial charge in [-0.25, -0.2) is 13.2 Å². The fourth-order valence-electron chi connectivity index (χ4n) is 3.11. The van der Waals surface area contributed by atoms with Crippen LogP contribution in [0.15, 0.2) is 40.3 Å². The number of Topliss-reactive ketones (excluding diaryl/α,β-unsaturated/α-hetero) is 1. The molecular weight excluding hydrogens is 416 g/mol. The number of esters is 1. The van der Waals surface area contributed by atoms with Crippen LogP contribution in [0.25, 0.3) is 0 Å². The molecule has 0 saturated carbocycles. The molecule has 2 aliphatic rings. The normalized spacial score (nSPS) is 19.1. The molecule has 1 aromatic rings. The molecule has 3 rings (SSSR count). The molecule has 0 bridgehead atoms. The van der Waals surface area contributed by atoms with Gasteiger partial charge >= 0.3 is 5.97 Å². The van der Waals surface area contributed by atoms with Gasteiger partial charge in [-0.2, -0.15) is 4.31 Å². The molecule has 0 unspecified atom stereocenters. The van der Waals surface area contributed by atoms with Gasteiger partial charge in [-0.1, -0.05) is 11.8 Å². The second kappa shape index (κ2) is 9.10. The molecule has 1 aromatic carbocycles. The van der Waals surface area contributed by atoms with Crippen molar-refractivity contribution >= 4 is 39.4 Å². The highest BCUT2D eigenvalue weighted by atomic mass is 32.2. The average molecular weight is 439 g/mol. The number of ketones is 1. The molecule has 0 aromatic heterocycles. The monoisotopic (exact) mass is 438 g/mol. The van der Waals surface area contributed by atoms with Gasteiger partial charge < -0.3 is 4.74 Å². The van der Waals surface area contributed by atoms with E-state index in [1.807, 2.05) is 0 Å². The summed E-state index contributed by atoms with van der Waals surface area (Å²) in [5.41, 5.74) is 0.297. The van der Waals surface area contributed by atoms with Crippen molar-refractivity contribution in [3.05, 3.63) is 40.9 Å². The Kier molecular flexibility index (Phi) is 6.76. The Morgan fingerprint density at radius 1 is 1.17 bits per heavy atom. The van der Waals surface area contributed by atoms with E-state index in [1.165, 1.54) is 51.3 Å². The summed E-state index contributed by atoms with van der Waals surface area (Å²) in [5.74, 6) is -1.04. The van der Waals surface area contributed by atoms with E-state index in [0.717, 1.165) is 12.8 Å². The maximum atomic E-state index is 12.6. The topological polar surface area (TPSA) is 101 Å². The van der Waals surface area contributed by atoms with Gasteiger partial charge in [0, 0.05) is 18.7 Å². The molecule has 0 spiro atoms.